The van der Waals surface area contributed by atoms with Crippen LogP contribution >= 0.6 is 11.3 Å². The Morgan fingerprint density at radius 3 is 2.88 bits per heavy atom. The zero-order valence-electron chi connectivity index (χ0n) is 19.7. The van der Waals surface area contributed by atoms with Crippen molar-refractivity contribution in [2.75, 3.05) is 13.1 Å². The molecule has 1 aliphatic heterocycles. The minimum Gasteiger partial charge on any atom is -0.349 e. The number of thiazole rings is 1. The average molecular weight is 482 g/mol. The maximum absolute atomic E-state index is 14.4. The maximum atomic E-state index is 14.4. The lowest BCUT2D eigenvalue weighted by Gasteiger charge is -2.32. The van der Waals surface area contributed by atoms with Crippen LogP contribution in [0.2, 0.25) is 0 Å². The largest absolute Gasteiger partial charge is 0.349 e. The maximum Gasteiger partial charge on any atom is 0.252 e. The molecule has 2 aromatic heterocycles. The first kappa shape index (κ1) is 22.2. The Balaban J connectivity index is 0.975. The van der Waals surface area contributed by atoms with Gasteiger partial charge in [-0.15, -0.1) is 11.3 Å². The number of halogens is 1. The van der Waals surface area contributed by atoms with E-state index in [0.717, 1.165) is 73.3 Å². The van der Waals surface area contributed by atoms with Crippen molar-refractivity contribution >= 4 is 28.1 Å². The normalized spacial score (nSPS) is 24.2. The minimum atomic E-state index is -1.11. The van der Waals surface area contributed by atoms with Gasteiger partial charge in [0.1, 0.15) is 5.01 Å². The first-order valence-electron chi connectivity index (χ1n) is 12.6. The second-order valence-electron chi connectivity index (χ2n) is 10.4. The van der Waals surface area contributed by atoms with Crippen LogP contribution in [-0.2, 0) is 25.7 Å². The van der Waals surface area contributed by atoms with E-state index >= 15 is 0 Å². The fourth-order valence-corrected chi connectivity index (χ4v) is 6.74. The highest BCUT2D eigenvalue weighted by Gasteiger charge is 2.48. The summed E-state index contributed by atoms with van der Waals surface area (Å²) in [4.78, 5) is 21.4. The molecule has 2 aliphatic carbocycles. The van der Waals surface area contributed by atoms with Crippen LogP contribution in [0.25, 0.3) is 10.9 Å². The molecular weight excluding hydrogens is 449 g/mol. The SMILES string of the molecule is Cn1cc2c(C(=O)NC3CCC(CCN4CCc5sc(C6(F)CC6)nc5C4)CC3)cccc2n1. The Labute approximate surface area is 203 Å². The number of hydrogen-bond donors (Lipinski definition) is 1. The number of carbonyl (C=O) groups is 1. The van der Waals surface area contributed by atoms with Crippen molar-refractivity contribution < 1.29 is 9.18 Å². The van der Waals surface area contributed by atoms with E-state index in [-0.39, 0.29) is 11.9 Å². The second kappa shape index (κ2) is 8.72. The van der Waals surface area contributed by atoms with Gasteiger partial charge in [0.25, 0.3) is 5.91 Å². The van der Waals surface area contributed by atoms with Gasteiger partial charge in [-0.2, -0.15) is 5.10 Å². The van der Waals surface area contributed by atoms with Crippen molar-refractivity contribution in [1.82, 2.24) is 25.0 Å². The van der Waals surface area contributed by atoms with Gasteiger partial charge in [0.2, 0.25) is 0 Å². The molecule has 6 rings (SSSR count). The number of alkyl halides is 1. The van der Waals surface area contributed by atoms with Crippen LogP contribution in [-0.4, -0.2) is 44.7 Å². The van der Waals surface area contributed by atoms with E-state index in [1.807, 2.05) is 31.4 Å². The first-order chi connectivity index (χ1) is 16.5. The van der Waals surface area contributed by atoms with Gasteiger partial charge in [0, 0.05) is 42.6 Å². The Bertz CT molecular complexity index is 1210. The first-order valence-corrected chi connectivity index (χ1v) is 13.4. The summed E-state index contributed by atoms with van der Waals surface area (Å²) in [5.41, 5.74) is 1.58. The summed E-state index contributed by atoms with van der Waals surface area (Å²) in [6, 6.07) is 5.98. The van der Waals surface area contributed by atoms with E-state index in [2.05, 4.69) is 20.3 Å². The lowest BCUT2D eigenvalue weighted by Crippen LogP contribution is -2.38. The van der Waals surface area contributed by atoms with E-state index < -0.39 is 5.67 Å². The van der Waals surface area contributed by atoms with Crippen molar-refractivity contribution in [3.05, 3.63) is 45.5 Å². The van der Waals surface area contributed by atoms with Crippen molar-refractivity contribution in [1.29, 1.82) is 0 Å². The molecule has 8 heteroatoms. The highest BCUT2D eigenvalue weighted by atomic mass is 32.1. The fraction of sp³-hybridized carbons (Fsp3) is 0.577. The Kier molecular flexibility index (Phi) is 5.68. The highest BCUT2D eigenvalue weighted by molar-refractivity contribution is 7.12. The molecule has 34 heavy (non-hydrogen) atoms. The van der Waals surface area contributed by atoms with Gasteiger partial charge in [-0.3, -0.25) is 14.4 Å². The predicted molar refractivity (Wildman–Crippen MR) is 132 cm³/mol. The van der Waals surface area contributed by atoms with Crippen LogP contribution in [0.1, 0.15) is 70.9 Å². The van der Waals surface area contributed by atoms with E-state index in [1.54, 1.807) is 16.0 Å². The number of hydrogen-bond acceptors (Lipinski definition) is 5. The van der Waals surface area contributed by atoms with Crippen LogP contribution in [0.5, 0.6) is 0 Å². The Hall–Kier alpha value is -2.32. The Morgan fingerprint density at radius 1 is 1.26 bits per heavy atom. The molecule has 0 saturated heterocycles. The molecule has 180 valence electrons. The number of benzene rings is 1. The quantitative estimate of drug-likeness (QED) is 0.553. The summed E-state index contributed by atoms with van der Waals surface area (Å²) in [6.07, 6.45) is 9.80. The molecule has 1 aromatic carbocycles. The number of rotatable bonds is 6. The van der Waals surface area contributed by atoms with Gasteiger partial charge in [-0.25, -0.2) is 9.37 Å². The highest BCUT2D eigenvalue weighted by Crippen LogP contribution is 2.51. The van der Waals surface area contributed by atoms with Crippen LogP contribution in [0.15, 0.2) is 24.4 Å². The molecule has 3 heterocycles. The standard InChI is InChI=1S/C26H32FN5OS/c1-31-15-20-19(3-2-4-21(20)30-31)24(33)28-18-7-5-17(6-8-18)9-13-32-14-10-23-22(16-32)29-25(34-23)26(27)11-12-26/h2-4,15,17-18H,5-14,16H2,1H3,(H,28,33). The van der Waals surface area contributed by atoms with Gasteiger partial charge in [-0.1, -0.05) is 6.07 Å². The van der Waals surface area contributed by atoms with Crippen LogP contribution in [0.4, 0.5) is 4.39 Å². The van der Waals surface area contributed by atoms with Crippen molar-refractivity contribution in [2.24, 2.45) is 13.0 Å². The average Bonchev–Trinajstić information content (AvgIpc) is 3.26. The molecule has 1 N–H and O–H groups in total. The summed E-state index contributed by atoms with van der Waals surface area (Å²) in [6.45, 7) is 3.00. The molecular formula is C26H32FN5OS. The van der Waals surface area contributed by atoms with E-state index in [9.17, 15) is 9.18 Å². The zero-order chi connectivity index (χ0) is 23.3. The summed E-state index contributed by atoms with van der Waals surface area (Å²) >= 11 is 1.61. The number of fused-ring (bicyclic) bond motifs is 2. The van der Waals surface area contributed by atoms with Crippen molar-refractivity contribution in [2.45, 2.75) is 69.6 Å². The van der Waals surface area contributed by atoms with Gasteiger partial charge in [0.05, 0.1) is 16.8 Å². The molecule has 2 saturated carbocycles. The van der Waals surface area contributed by atoms with Gasteiger partial charge in [0.15, 0.2) is 5.67 Å². The third-order valence-corrected chi connectivity index (χ3v) is 9.16. The molecule has 3 aromatic rings. The molecule has 2 fully saturated rings. The van der Waals surface area contributed by atoms with Gasteiger partial charge >= 0.3 is 0 Å². The molecule has 1 amide bonds. The van der Waals surface area contributed by atoms with Crippen LogP contribution in [0.3, 0.4) is 0 Å². The summed E-state index contributed by atoms with van der Waals surface area (Å²) < 4.78 is 16.1. The second-order valence-corrected chi connectivity index (χ2v) is 11.5. The Morgan fingerprint density at radius 2 is 2.09 bits per heavy atom. The van der Waals surface area contributed by atoms with E-state index in [4.69, 9.17) is 0 Å². The summed E-state index contributed by atoms with van der Waals surface area (Å²) in [5, 5.41) is 9.31. The van der Waals surface area contributed by atoms with Crippen LogP contribution < -0.4 is 5.32 Å². The molecule has 6 nitrogen and oxygen atoms in total. The third kappa shape index (κ3) is 4.38. The van der Waals surface area contributed by atoms with Crippen molar-refractivity contribution in [3.8, 4) is 0 Å². The van der Waals surface area contributed by atoms with Crippen molar-refractivity contribution in [3.63, 3.8) is 0 Å². The number of nitrogens with one attached hydrogen (secondary N) is 1. The zero-order valence-corrected chi connectivity index (χ0v) is 20.5. The smallest absolute Gasteiger partial charge is 0.252 e. The number of carbonyl (C=O) groups excluding carboxylic acids is 1. The number of nitrogens with zero attached hydrogens (tertiary/aromatic N) is 4. The molecule has 0 atom stereocenters. The fourth-order valence-electron chi connectivity index (χ4n) is 5.54. The minimum absolute atomic E-state index is 0.00931. The molecule has 3 aliphatic rings. The number of amides is 1. The predicted octanol–water partition coefficient (Wildman–Crippen LogP) is 4.73. The topological polar surface area (TPSA) is 63.1 Å². The lowest BCUT2D eigenvalue weighted by molar-refractivity contribution is 0.0921. The molecule has 0 spiro atoms. The van der Waals surface area contributed by atoms with Gasteiger partial charge < -0.3 is 5.32 Å². The molecule has 0 bridgehead atoms. The summed E-state index contributed by atoms with van der Waals surface area (Å²) in [5.74, 6) is 0.720. The van der Waals surface area contributed by atoms with E-state index in [0.29, 0.717) is 24.3 Å². The van der Waals surface area contributed by atoms with E-state index in [1.165, 1.54) is 11.3 Å². The summed E-state index contributed by atoms with van der Waals surface area (Å²) in [7, 11) is 1.88. The lowest BCUT2D eigenvalue weighted by atomic mass is 9.84. The number of aryl methyl sites for hydroxylation is 1. The van der Waals surface area contributed by atoms with Crippen LogP contribution in [0, 0.1) is 5.92 Å². The molecule has 0 unspecified atom stereocenters. The van der Waals surface area contributed by atoms with Gasteiger partial charge in [-0.05, 0) is 76.0 Å². The number of aromatic nitrogens is 3. The third-order valence-electron chi connectivity index (χ3n) is 7.82. The molecule has 0 radical (unpaired) electrons. The monoisotopic (exact) mass is 481 g/mol.